The normalized spacial score (nSPS) is 20.4. The molecule has 21 heavy (non-hydrogen) atoms. The van der Waals surface area contributed by atoms with Gasteiger partial charge < -0.3 is 14.4 Å². The molecule has 0 atom stereocenters. The van der Waals surface area contributed by atoms with E-state index in [0.29, 0.717) is 11.0 Å². The van der Waals surface area contributed by atoms with Crippen LogP contribution in [0.25, 0.3) is 6.08 Å². The standard InChI is InChI=1S/C16H20BNO3/c1-15(2)16(3,4)21-17(20-15)14(11-19)9-12-6-5-7-13(8-12)10-18/h5-9,19H,11H2,1-4H3. The molecule has 0 saturated carbocycles. The first-order valence-electron chi connectivity index (χ1n) is 6.96. The Balaban J connectivity index is 2.29. The summed E-state index contributed by atoms with van der Waals surface area (Å²) >= 11 is 0. The highest BCUT2D eigenvalue weighted by atomic mass is 16.7. The van der Waals surface area contributed by atoms with Gasteiger partial charge >= 0.3 is 7.12 Å². The third-order valence-electron chi connectivity index (χ3n) is 4.11. The number of hydrogen-bond donors (Lipinski definition) is 1. The molecule has 1 N–H and O–H groups in total. The molecule has 110 valence electrons. The van der Waals surface area contributed by atoms with Gasteiger partial charge in [-0.1, -0.05) is 18.2 Å². The van der Waals surface area contributed by atoms with E-state index in [2.05, 4.69) is 6.07 Å². The van der Waals surface area contributed by atoms with E-state index < -0.39 is 18.3 Å². The van der Waals surface area contributed by atoms with Crippen molar-refractivity contribution in [3.63, 3.8) is 0 Å². The Hall–Kier alpha value is -1.61. The maximum atomic E-state index is 9.62. The Kier molecular flexibility index (Phi) is 4.24. The van der Waals surface area contributed by atoms with Gasteiger partial charge in [0.15, 0.2) is 0 Å². The van der Waals surface area contributed by atoms with Crippen LogP contribution < -0.4 is 0 Å². The first kappa shape index (κ1) is 15.8. The Bertz CT molecular complexity index is 586. The van der Waals surface area contributed by atoms with Crippen LogP contribution >= 0.6 is 0 Å². The Labute approximate surface area is 126 Å². The molecule has 1 aliphatic heterocycles. The monoisotopic (exact) mass is 285 g/mol. The fourth-order valence-electron chi connectivity index (χ4n) is 2.09. The number of aliphatic hydroxyl groups is 1. The molecule has 0 bridgehead atoms. The minimum absolute atomic E-state index is 0.159. The van der Waals surface area contributed by atoms with Crippen LogP contribution in [0.5, 0.6) is 0 Å². The number of rotatable bonds is 3. The van der Waals surface area contributed by atoms with Crippen molar-refractivity contribution in [3.05, 3.63) is 40.9 Å². The zero-order valence-electron chi connectivity index (χ0n) is 12.9. The molecule has 0 aliphatic carbocycles. The van der Waals surface area contributed by atoms with Crippen LogP contribution in [0.15, 0.2) is 29.7 Å². The molecule has 1 aromatic carbocycles. The summed E-state index contributed by atoms with van der Waals surface area (Å²) in [5.41, 5.74) is 1.17. The summed E-state index contributed by atoms with van der Waals surface area (Å²) in [6.45, 7) is 7.72. The van der Waals surface area contributed by atoms with Gasteiger partial charge in [0.1, 0.15) is 0 Å². The van der Waals surface area contributed by atoms with Crippen LogP contribution in [-0.4, -0.2) is 30.0 Å². The van der Waals surface area contributed by atoms with Crippen molar-refractivity contribution >= 4 is 13.2 Å². The van der Waals surface area contributed by atoms with E-state index in [1.807, 2.05) is 45.9 Å². The minimum Gasteiger partial charge on any atom is -0.400 e. The minimum atomic E-state index is -0.578. The highest BCUT2D eigenvalue weighted by Gasteiger charge is 2.52. The fourth-order valence-corrected chi connectivity index (χ4v) is 2.09. The highest BCUT2D eigenvalue weighted by molar-refractivity contribution is 6.55. The number of aliphatic hydroxyl groups excluding tert-OH is 1. The highest BCUT2D eigenvalue weighted by Crippen LogP contribution is 2.38. The molecule has 1 aromatic rings. The van der Waals surface area contributed by atoms with Gasteiger partial charge in [0.05, 0.1) is 29.4 Å². The molecular formula is C16H20BNO3. The molecule has 4 nitrogen and oxygen atoms in total. The molecule has 2 rings (SSSR count). The largest absolute Gasteiger partial charge is 0.492 e. The van der Waals surface area contributed by atoms with E-state index in [4.69, 9.17) is 14.6 Å². The zero-order valence-corrected chi connectivity index (χ0v) is 12.9. The van der Waals surface area contributed by atoms with Gasteiger partial charge in [0, 0.05) is 0 Å². The molecule has 1 fully saturated rings. The summed E-state index contributed by atoms with van der Waals surface area (Å²) in [6, 6.07) is 9.29. The molecule has 0 unspecified atom stereocenters. The molecule has 0 radical (unpaired) electrons. The van der Waals surface area contributed by atoms with Gasteiger partial charge in [-0.15, -0.1) is 0 Å². The molecule has 1 heterocycles. The number of benzene rings is 1. The smallest absolute Gasteiger partial charge is 0.400 e. The first-order valence-corrected chi connectivity index (χ1v) is 6.96. The summed E-state index contributed by atoms with van der Waals surface area (Å²) in [7, 11) is -0.578. The third-order valence-corrected chi connectivity index (χ3v) is 4.11. The van der Waals surface area contributed by atoms with E-state index in [9.17, 15) is 5.11 Å². The predicted molar refractivity (Wildman–Crippen MR) is 82.3 cm³/mol. The molecule has 0 spiro atoms. The van der Waals surface area contributed by atoms with E-state index >= 15 is 0 Å². The second-order valence-corrected chi connectivity index (χ2v) is 6.20. The average molecular weight is 285 g/mol. The molecule has 1 saturated heterocycles. The Morgan fingerprint density at radius 2 is 1.90 bits per heavy atom. The molecular weight excluding hydrogens is 265 g/mol. The van der Waals surface area contributed by atoms with Crippen LogP contribution in [0, 0.1) is 11.3 Å². The van der Waals surface area contributed by atoms with Gasteiger partial charge in [-0.05, 0) is 50.9 Å². The van der Waals surface area contributed by atoms with E-state index in [-0.39, 0.29) is 6.61 Å². The molecule has 1 aliphatic rings. The predicted octanol–water partition coefficient (Wildman–Crippen LogP) is 2.57. The number of nitriles is 1. The van der Waals surface area contributed by atoms with E-state index in [0.717, 1.165) is 5.56 Å². The third kappa shape index (κ3) is 3.19. The van der Waals surface area contributed by atoms with Gasteiger partial charge in [0.2, 0.25) is 0 Å². The van der Waals surface area contributed by atoms with Crippen molar-refractivity contribution in [2.45, 2.75) is 38.9 Å². The van der Waals surface area contributed by atoms with E-state index in [1.54, 1.807) is 12.1 Å². The SMILES string of the molecule is CC1(C)OB(C(=Cc2cccc(C#N)c2)CO)OC1(C)C. The van der Waals surface area contributed by atoms with Gasteiger partial charge in [-0.2, -0.15) is 5.26 Å². The maximum Gasteiger partial charge on any atom is 0.492 e. The van der Waals surface area contributed by atoms with Crippen molar-refractivity contribution in [1.82, 2.24) is 0 Å². The average Bonchev–Trinajstić information content (AvgIpc) is 2.65. The first-order chi connectivity index (χ1) is 9.79. The lowest BCUT2D eigenvalue weighted by Gasteiger charge is -2.32. The lowest BCUT2D eigenvalue weighted by atomic mass is 9.77. The lowest BCUT2D eigenvalue weighted by Crippen LogP contribution is -2.41. The summed E-state index contributed by atoms with van der Waals surface area (Å²) in [4.78, 5) is 0. The van der Waals surface area contributed by atoms with Crippen molar-refractivity contribution < 1.29 is 14.4 Å². The van der Waals surface area contributed by atoms with Crippen LogP contribution in [0.2, 0.25) is 0 Å². The quantitative estimate of drug-likeness (QED) is 0.867. The number of hydrogen-bond acceptors (Lipinski definition) is 4. The van der Waals surface area contributed by atoms with Crippen molar-refractivity contribution in [2.75, 3.05) is 6.61 Å². The van der Waals surface area contributed by atoms with Crippen molar-refractivity contribution in [1.29, 1.82) is 5.26 Å². The molecule has 0 amide bonds. The Morgan fingerprint density at radius 1 is 1.29 bits per heavy atom. The van der Waals surface area contributed by atoms with Crippen molar-refractivity contribution in [3.8, 4) is 6.07 Å². The molecule has 5 heteroatoms. The topological polar surface area (TPSA) is 62.5 Å². The summed E-state index contributed by atoms with van der Waals surface area (Å²) in [5.74, 6) is 0. The van der Waals surface area contributed by atoms with Gasteiger partial charge in [-0.3, -0.25) is 0 Å². The second kappa shape index (κ2) is 5.65. The van der Waals surface area contributed by atoms with Gasteiger partial charge in [-0.25, -0.2) is 0 Å². The number of nitrogens with zero attached hydrogens (tertiary/aromatic N) is 1. The van der Waals surface area contributed by atoms with Gasteiger partial charge in [0.25, 0.3) is 0 Å². The van der Waals surface area contributed by atoms with Crippen molar-refractivity contribution in [2.24, 2.45) is 0 Å². The van der Waals surface area contributed by atoms with E-state index in [1.165, 1.54) is 0 Å². The fraction of sp³-hybridized carbons (Fsp3) is 0.438. The molecule has 0 aromatic heterocycles. The summed E-state index contributed by atoms with van der Waals surface area (Å²) in [5, 5.41) is 18.6. The zero-order chi connectivity index (χ0) is 15.7. The lowest BCUT2D eigenvalue weighted by molar-refractivity contribution is 0.00578. The van der Waals surface area contributed by atoms with Crippen LogP contribution in [0.1, 0.15) is 38.8 Å². The van der Waals surface area contributed by atoms with Crippen LogP contribution in [-0.2, 0) is 9.31 Å². The van der Waals surface area contributed by atoms with Crippen LogP contribution in [0.3, 0.4) is 0 Å². The summed E-state index contributed by atoms with van der Waals surface area (Å²) < 4.78 is 11.9. The maximum absolute atomic E-state index is 9.62. The summed E-state index contributed by atoms with van der Waals surface area (Å²) in [6.07, 6.45) is 1.81. The van der Waals surface area contributed by atoms with Crippen LogP contribution in [0.4, 0.5) is 0 Å². The Morgan fingerprint density at radius 3 is 2.43 bits per heavy atom. The second-order valence-electron chi connectivity index (χ2n) is 6.20.